The van der Waals surface area contributed by atoms with Gasteiger partial charge in [0.05, 0.1) is 5.56 Å². The lowest BCUT2D eigenvalue weighted by atomic mass is 10.1. The maximum Gasteiger partial charge on any atom is 0.255 e. The highest BCUT2D eigenvalue weighted by Crippen LogP contribution is 2.24. The number of carbonyl (C=O) groups excluding carboxylic acids is 1. The van der Waals surface area contributed by atoms with E-state index < -0.39 is 0 Å². The van der Waals surface area contributed by atoms with Crippen LogP contribution < -0.4 is 5.73 Å². The lowest BCUT2D eigenvalue weighted by Crippen LogP contribution is -2.42. The summed E-state index contributed by atoms with van der Waals surface area (Å²) in [6.07, 6.45) is 1.77. The number of nitrogens with two attached hydrogens (primary N) is 1. The first-order chi connectivity index (χ1) is 11.0. The van der Waals surface area contributed by atoms with Crippen LogP contribution in [0.3, 0.4) is 0 Å². The molecule has 0 radical (unpaired) electrons. The first-order valence-electron chi connectivity index (χ1n) is 7.97. The molecule has 1 saturated heterocycles. The average molecular weight is 413 g/mol. The zero-order chi connectivity index (χ0) is 16.6. The summed E-state index contributed by atoms with van der Waals surface area (Å²) in [5, 5.41) is 0. The Bertz CT molecular complexity index is 719. The van der Waals surface area contributed by atoms with Crippen LogP contribution in [0.5, 0.6) is 0 Å². The molecule has 2 aromatic rings. The number of halogens is 2. The van der Waals surface area contributed by atoms with Gasteiger partial charge in [-0.15, -0.1) is 12.4 Å². The second kappa shape index (κ2) is 7.72. The number of likely N-dealkylation sites (tertiary alicyclic amines) is 1. The Kier molecular flexibility index (Phi) is 6.12. The largest absolute Gasteiger partial charge is 0.338 e. The first-order valence-corrected chi connectivity index (χ1v) is 8.76. The molecule has 1 aromatic carbocycles. The zero-order valence-electron chi connectivity index (χ0n) is 14.0. The Morgan fingerprint density at radius 1 is 1.17 bits per heavy atom. The van der Waals surface area contributed by atoms with E-state index in [0.29, 0.717) is 0 Å². The van der Waals surface area contributed by atoms with Gasteiger partial charge in [0.2, 0.25) is 0 Å². The number of carbonyl (C=O) groups is 1. The van der Waals surface area contributed by atoms with Crippen LogP contribution in [0.4, 0.5) is 0 Å². The van der Waals surface area contributed by atoms with Crippen molar-refractivity contribution < 1.29 is 4.79 Å². The Hall–Kier alpha value is -1.30. The van der Waals surface area contributed by atoms with Crippen LogP contribution in [0.2, 0.25) is 0 Å². The topological polar surface area (TPSA) is 51.3 Å². The lowest BCUT2D eigenvalue weighted by Gasteiger charge is -2.30. The van der Waals surface area contributed by atoms with E-state index in [2.05, 4.69) is 32.6 Å². The van der Waals surface area contributed by atoms with E-state index in [0.717, 1.165) is 53.0 Å². The molecule has 2 N–H and O–H groups in total. The van der Waals surface area contributed by atoms with Crippen LogP contribution in [0, 0.1) is 13.8 Å². The molecule has 0 aliphatic carbocycles. The number of piperidine rings is 1. The van der Waals surface area contributed by atoms with Crippen LogP contribution in [0.1, 0.15) is 34.6 Å². The second-order valence-corrected chi connectivity index (χ2v) is 7.14. The molecule has 4 nitrogen and oxygen atoms in total. The molecule has 1 amide bonds. The second-order valence-electron chi connectivity index (χ2n) is 6.23. The maximum absolute atomic E-state index is 12.8. The molecule has 0 unspecified atom stereocenters. The van der Waals surface area contributed by atoms with Gasteiger partial charge in [0.15, 0.2) is 0 Å². The molecule has 1 aromatic heterocycles. The van der Waals surface area contributed by atoms with E-state index in [9.17, 15) is 4.79 Å². The summed E-state index contributed by atoms with van der Waals surface area (Å²) >= 11 is 3.46. The van der Waals surface area contributed by atoms with Crippen LogP contribution in [-0.2, 0) is 0 Å². The van der Waals surface area contributed by atoms with Crippen molar-refractivity contribution in [1.82, 2.24) is 9.47 Å². The zero-order valence-corrected chi connectivity index (χ0v) is 16.4. The molecule has 130 valence electrons. The molecule has 1 fully saturated rings. The number of hydrogen-bond donors (Lipinski definition) is 1. The molecule has 0 atom stereocenters. The van der Waals surface area contributed by atoms with Crippen molar-refractivity contribution in [2.24, 2.45) is 5.73 Å². The Balaban J connectivity index is 0.00000208. The fourth-order valence-electron chi connectivity index (χ4n) is 3.24. The Morgan fingerprint density at radius 3 is 2.33 bits per heavy atom. The van der Waals surface area contributed by atoms with Crippen molar-refractivity contribution in [3.63, 3.8) is 0 Å². The molecule has 0 spiro atoms. The van der Waals surface area contributed by atoms with Gasteiger partial charge in [-0.05, 0) is 57.0 Å². The highest BCUT2D eigenvalue weighted by Gasteiger charge is 2.25. The summed E-state index contributed by atoms with van der Waals surface area (Å²) in [5.74, 6) is 0.119. The van der Waals surface area contributed by atoms with Crippen LogP contribution in [0.15, 0.2) is 34.8 Å². The first kappa shape index (κ1) is 19.0. The van der Waals surface area contributed by atoms with E-state index in [1.54, 1.807) is 0 Å². The molecule has 1 aliphatic heterocycles. The number of benzene rings is 1. The summed E-state index contributed by atoms with van der Waals surface area (Å²) in [6.45, 7) is 5.56. The summed E-state index contributed by atoms with van der Waals surface area (Å²) in [4.78, 5) is 14.8. The van der Waals surface area contributed by atoms with Gasteiger partial charge >= 0.3 is 0 Å². The monoisotopic (exact) mass is 411 g/mol. The molecular weight excluding hydrogens is 390 g/mol. The predicted molar refractivity (Wildman–Crippen MR) is 103 cm³/mol. The Labute approximate surface area is 157 Å². The maximum atomic E-state index is 12.8. The van der Waals surface area contributed by atoms with E-state index in [-0.39, 0.29) is 24.4 Å². The van der Waals surface area contributed by atoms with Gasteiger partial charge < -0.3 is 15.2 Å². The number of aromatic nitrogens is 1. The van der Waals surface area contributed by atoms with Gasteiger partial charge in [-0.1, -0.05) is 15.9 Å². The highest BCUT2D eigenvalue weighted by molar-refractivity contribution is 9.10. The van der Waals surface area contributed by atoms with Crippen LogP contribution in [-0.4, -0.2) is 34.5 Å². The normalized spacial score (nSPS) is 15.2. The third kappa shape index (κ3) is 3.68. The Morgan fingerprint density at radius 2 is 1.75 bits per heavy atom. The third-order valence-corrected chi connectivity index (χ3v) is 5.10. The van der Waals surface area contributed by atoms with Crippen LogP contribution in [0.25, 0.3) is 5.69 Å². The number of amides is 1. The number of rotatable bonds is 2. The number of hydrogen-bond acceptors (Lipinski definition) is 2. The summed E-state index contributed by atoms with van der Waals surface area (Å²) in [5.41, 5.74) is 9.86. The standard InChI is InChI=1S/C18H22BrN3O.ClH/c1-12-11-17(18(23)21-9-7-15(20)8-10-21)13(2)22(12)16-5-3-14(19)4-6-16;/h3-6,11,15H,7-10,20H2,1-2H3;1H. The summed E-state index contributed by atoms with van der Waals surface area (Å²) in [7, 11) is 0. The molecule has 0 saturated carbocycles. The molecule has 6 heteroatoms. The fourth-order valence-corrected chi connectivity index (χ4v) is 3.50. The van der Waals surface area contributed by atoms with Crippen molar-refractivity contribution >= 4 is 34.2 Å². The van der Waals surface area contributed by atoms with Gasteiger partial charge in [-0.25, -0.2) is 0 Å². The number of aryl methyl sites for hydroxylation is 1. The molecule has 3 rings (SSSR count). The van der Waals surface area contributed by atoms with Gasteiger partial charge in [-0.3, -0.25) is 4.79 Å². The molecule has 0 bridgehead atoms. The molecule has 1 aliphatic rings. The lowest BCUT2D eigenvalue weighted by molar-refractivity contribution is 0.0714. The van der Waals surface area contributed by atoms with Crippen molar-refractivity contribution in [2.75, 3.05) is 13.1 Å². The smallest absolute Gasteiger partial charge is 0.255 e. The predicted octanol–water partition coefficient (Wildman–Crippen LogP) is 3.84. The molecule has 24 heavy (non-hydrogen) atoms. The summed E-state index contributed by atoms with van der Waals surface area (Å²) in [6, 6.07) is 10.4. The minimum atomic E-state index is 0. The van der Waals surface area contributed by atoms with E-state index in [4.69, 9.17) is 5.73 Å². The van der Waals surface area contributed by atoms with Crippen molar-refractivity contribution in [3.8, 4) is 5.69 Å². The summed E-state index contributed by atoms with van der Waals surface area (Å²) < 4.78 is 3.18. The molecule has 2 heterocycles. The van der Waals surface area contributed by atoms with Crippen molar-refractivity contribution in [1.29, 1.82) is 0 Å². The van der Waals surface area contributed by atoms with E-state index in [1.165, 1.54) is 0 Å². The minimum Gasteiger partial charge on any atom is -0.338 e. The third-order valence-electron chi connectivity index (χ3n) is 4.57. The van der Waals surface area contributed by atoms with Crippen molar-refractivity contribution in [3.05, 3.63) is 51.8 Å². The van der Waals surface area contributed by atoms with Crippen molar-refractivity contribution in [2.45, 2.75) is 32.7 Å². The van der Waals surface area contributed by atoms with E-state index >= 15 is 0 Å². The van der Waals surface area contributed by atoms with E-state index in [1.807, 2.05) is 36.9 Å². The van der Waals surface area contributed by atoms with Gasteiger partial charge in [0.25, 0.3) is 5.91 Å². The van der Waals surface area contributed by atoms with Gasteiger partial charge in [0, 0.05) is 40.7 Å². The highest BCUT2D eigenvalue weighted by atomic mass is 79.9. The SMILES string of the molecule is Cc1cc(C(=O)N2CCC(N)CC2)c(C)n1-c1ccc(Br)cc1.Cl. The van der Waals surface area contributed by atoms with Gasteiger partial charge in [0.1, 0.15) is 0 Å². The fraction of sp³-hybridized carbons (Fsp3) is 0.389. The van der Waals surface area contributed by atoms with Crippen LogP contribution >= 0.6 is 28.3 Å². The molecular formula is C18H23BrClN3O. The van der Waals surface area contributed by atoms with Gasteiger partial charge in [-0.2, -0.15) is 0 Å². The number of nitrogens with zero attached hydrogens (tertiary/aromatic N) is 2. The quantitative estimate of drug-likeness (QED) is 0.814. The average Bonchev–Trinajstić information content (AvgIpc) is 2.83. The minimum absolute atomic E-state index is 0.